The van der Waals surface area contributed by atoms with E-state index in [0.29, 0.717) is 5.92 Å². The summed E-state index contributed by atoms with van der Waals surface area (Å²) in [7, 11) is 0. The Hall–Kier alpha value is -2.72. The number of rotatable bonds is 6. The van der Waals surface area contributed by atoms with E-state index in [1.807, 2.05) is 6.07 Å². The molecular weight excluding hydrogens is 350 g/mol. The highest BCUT2D eigenvalue weighted by Gasteiger charge is 2.13. The molecule has 0 aliphatic heterocycles. The molecule has 0 spiro atoms. The molecule has 136 valence electrons. The van der Waals surface area contributed by atoms with Crippen LogP contribution in [-0.2, 0) is 0 Å². The Morgan fingerprint density at radius 2 is 1.59 bits per heavy atom. The summed E-state index contributed by atoms with van der Waals surface area (Å²) in [5.74, 6) is 1.60. The van der Waals surface area contributed by atoms with Gasteiger partial charge in [-0.2, -0.15) is 0 Å². The highest BCUT2D eigenvalue weighted by molar-refractivity contribution is 7.17. The van der Waals surface area contributed by atoms with Crippen molar-refractivity contribution in [3.05, 3.63) is 66.3 Å². The predicted molar refractivity (Wildman–Crippen MR) is 116 cm³/mol. The zero-order valence-electron chi connectivity index (χ0n) is 15.6. The highest BCUT2D eigenvalue weighted by atomic mass is 32.1. The second-order valence-electron chi connectivity index (χ2n) is 7.10. The van der Waals surface area contributed by atoms with Gasteiger partial charge in [-0.05, 0) is 29.0 Å². The SMILES string of the molecule is CC(C)CCNc1ncnc2scc(-c3ccc(-c4ccccc4)cc3)c12. The van der Waals surface area contributed by atoms with Gasteiger partial charge in [-0.1, -0.05) is 68.4 Å². The minimum Gasteiger partial charge on any atom is -0.369 e. The molecule has 2 aromatic heterocycles. The number of nitrogens with one attached hydrogen (secondary N) is 1. The first-order valence-corrected chi connectivity index (χ1v) is 10.2. The van der Waals surface area contributed by atoms with Crippen molar-refractivity contribution >= 4 is 27.4 Å². The lowest BCUT2D eigenvalue weighted by Crippen LogP contribution is -2.06. The van der Waals surface area contributed by atoms with Crippen molar-refractivity contribution in [1.29, 1.82) is 0 Å². The standard InChI is InChI=1S/C23H23N3S/c1-16(2)12-13-24-22-21-20(14-27-23(21)26-15-25-22)19-10-8-18(9-11-19)17-6-4-3-5-7-17/h3-11,14-16H,12-13H2,1-2H3,(H,24,25,26). The van der Waals surface area contributed by atoms with E-state index < -0.39 is 0 Å². The minimum absolute atomic E-state index is 0.669. The van der Waals surface area contributed by atoms with E-state index in [1.54, 1.807) is 17.7 Å². The molecule has 0 saturated carbocycles. The first-order chi connectivity index (χ1) is 13.2. The molecule has 0 unspecified atom stereocenters. The number of anilines is 1. The summed E-state index contributed by atoms with van der Waals surface area (Å²) in [5, 5.41) is 6.82. The molecule has 0 fully saturated rings. The second-order valence-corrected chi connectivity index (χ2v) is 7.96. The summed E-state index contributed by atoms with van der Waals surface area (Å²) in [6, 6.07) is 19.2. The van der Waals surface area contributed by atoms with Crippen molar-refractivity contribution in [2.75, 3.05) is 11.9 Å². The van der Waals surface area contributed by atoms with Crippen molar-refractivity contribution < 1.29 is 0 Å². The number of hydrogen-bond donors (Lipinski definition) is 1. The number of nitrogens with zero attached hydrogens (tertiary/aromatic N) is 2. The van der Waals surface area contributed by atoms with Crippen LogP contribution in [-0.4, -0.2) is 16.5 Å². The van der Waals surface area contributed by atoms with Crippen LogP contribution in [0.1, 0.15) is 20.3 Å². The quantitative estimate of drug-likeness (QED) is 0.420. The lowest BCUT2D eigenvalue weighted by atomic mass is 10.0. The Labute approximate surface area is 164 Å². The van der Waals surface area contributed by atoms with E-state index in [-0.39, 0.29) is 0 Å². The molecule has 1 N–H and O–H groups in total. The predicted octanol–water partition coefficient (Wildman–Crippen LogP) is 6.48. The van der Waals surface area contributed by atoms with Crippen LogP contribution in [0.3, 0.4) is 0 Å². The van der Waals surface area contributed by atoms with Crippen LogP contribution in [0.15, 0.2) is 66.3 Å². The molecule has 0 aliphatic carbocycles. The van der Waals surface area contributed by atoms with Gasteiger partial charge in [0, 0.05) is 17.5 Å². The summed E-state index contributed by atoms with van der Waals surface area (Å²) in [5.41, 5.74) is 4.86. The molecule has 0 amide bonds. The molecule has 4 rings (SSSR count). The molecule has 0 atom stereocenters. The van der Waals surface area contributed by atoms with Crippen LogP contribution in [0.5, 0.6) is 0 Å². The van der Waals surface area contributed by atoms with Gasteiger partial charge < -0.3 is 5.32 Å². The maximum absolute atomic E-state index is 4.51. The lowest BCUT2D eigenvalue weighted by Gasteiger charge is -2.10. The molecule has 0 aliphatic rings. The van der Waals surface area contributed by atoms with Gasteiger partial charge in [0.2, 0.25) is 0 Å². The van der Waals surface area contributed by atoms with E-state index in [9.17, 15) is 0 Å². The second kappa shape index (κ2) is 7.89. The topological polar surface area (TPSA) is 37.8 Å². The van der Waals surface area contributed by atoms with Crippen LogP contribution in [0.2, 0.25) is 0 Å². The van der Waals surface area contributed by atoms with Gasteiger partial charge in [0.15, 0.2) is 0 Å². The van der Waals surface area contributed by atoms with Crippen molar-refractivity contribution in [2.24, 2.45) is 5.92 Å². The van der Waals surface area contributed by atoms with Crippen LogP contribution in [0.25, 0.3) is 32.5 Å². The van der Waals surface area contributed by atoms with Gasteiger partial charge in [0.25, 0.3) is 0 Å². The third-order valence-electron chi connectivity index (χ3n) is 4.69. The summed E-state index contributed by atoms with van der Waals surface area (Å²) >= 11 is 1.67. The van der Waals surface area contributed by atoms with Crippen LogP contribution in [0, 0.1) is 5.92 Å². The Morgan fingerprint density at radius 1 is 0.889 bits per heavy atom. The molecule has 4 heteroatoms. The minimum atomic E-state index is 0.669. The van der Waals surface area contributed by atoms with E-state index in [2.05, 4.69) is 83.0 Å². The average Bonchev–Trinajstić information content (AvgIpc) is 3.14. The Balaban J connectivity index is 1.67. The number of aromatic nitrogens is 2. The van der Waals surface area contributed by atoms with Gasteiger partial charge in [0.1, 0.15) is 17.0 Å². The Kier molecular flexibility index (Phi) is 5.16. The third kappa shape index (κ3) is 3.86. The maximum Gasteiger partial charge on any atom is 0.138 e. The summed E-state index contributed by atoms with van der Waals surface area (Å²) < 4.78 is 0. The summed E-state index contributed by atoms with van der Waals surface area (Å²) in [6.45, 7) is 5.40. The molecule has 4 aromatic rings. The first kappa shape index (κ1) is 17.7. The molecule has 3 nitrogen and oxygen atoms in total. The molecular formula is C23H23N3S. The first-order valence-electron chi connectivity index (χ1n) is 9.34. The molecule has 2 heterocycles. The van der Waals surface area contributed by atoms with Gasteiger partial charge in [-0.3, -0.25) is 0 Å². The number of hydrogen-bond acceptors (Lipinski definition) is 4. The van der Waals surface area contributed by atoms with Crippen LogP contribution < -0.4 is 5.32 Å². The molecule has 27 heavy (non-hydrogen) atoms. The smallest absolute Gasteiger partial charge is 0.138 e. The Bertz CT molecular complexity index is 1020. The monoisotopic (exact) mass is 373 g/mol. The van der Waals surface area contributed by atoms with Crippen molar-refractivity contribution in [1.82, 2.24) is 9.97 Å². The van der Waals surface area contributed by atoms with Gasteiger partial charge in [0.05, 0.1) is 5.39 Å². The van der Waals surface area contributed by atoms with Gasteiger partial charge in [-0.25, -0.2) is 9.97 Å². The van der Waals surface area contributed by atoms with E-state index in [1.165, 1.54) is 22.3 Å². The van der Waals surface area contributed by atoms with Crippen molar-refractivity contribution in [3.8, 4) is 22.3 Å². The normalized spacial score (nSPS) is 11.2. The van der Waals surface area contributed by atoms with Crippen molar-refractivity contribution in [3.63, 3.8) is 0 Å². The van der Waals surface area contributed by atoms with Crippen molar-refractivity contribution in [2.45, 2.75) is 20.3 Å². The highest BCUT2D eigenvalue weighted by Crippen LogP contribution is 2.37. The maximum atomic E-state index is 4.51. The van der Waals surface area contributed by atoms with Gasteiger partial charge >= 0.3 is 0 Å². The molecule has 0 saturated heterocycles. The molecule has 0 radical (unpaired) electrons. The summed E-state index contributed by atoms with van der Waals surface area (Å²) in [6.07, 6.45) is 2.77. The van der Waals surface area contributed by atoms with Crippen LogP contribution in [0.4, 0.5) is 5.82 Å². The number of benzene rings is 2. The van der Waals surface area contributed by atoms with E-state index in [0.717, 1.165) is 29.0 Å². The fraction of sp³-hybridized carbons (Fsp3) is 0.217. The Morgan fingerprint density at radius 3 is 2.33 bits per heavy atom. The number of fused-ring (bicyclic) bond motifs is 1. The zero-order chi connectivity index (χ0) is 18.6. The molecule has 2 aromatic carbocycles. The third-order valence-corrected chi connectivity index (χ3v) is 5.57. The summed E-state index contributed by atoms with van der Waals surface area (Å²) in [4.78, 5) is 10.0. The average molecular weight is 374 g/mol. The van der Waals surface area contributed by atoms with Gasteiger partial charge in [-0.15, -0.1) is 11.3 Å². The van der Waals surface area contributed by atoms with Crippen LogP contribution >= 0.6 is 11.3 Å². The molecule has 0 bridgehead atoms. The number of thiophene rings is 1. The largest absolute Gasteiger partial charge is 0.369 e. The van der Waals surface area contributed by atoms with E-state index in [4.69, 9.17) is 0 Å². The lowest BCUT2D eigenvalue weighted by molar-refractivity contribution is 0.607. The zero-order valence-corrected chi connectivity index (χ0v) is 16.5. The fourth-order valence-corrected chi connectivity index (χ4v) is 4.09. The van der Waals surface area contributed by atoms with E-state index >= 15 is 0 Å². The fourth-order valence-electron chi connectivity index (χ4n) is 3.17.